The second-order valence-electron chi connectivity index (χ2n) is 6.43. The van der Waals surface area contributed by atoms with Crippen molar-refractivity contribution in [2.24, 2.45) is 0 Å². The SMILES string of the molecule is C=C(C)C(=O)Oc1ccc(OC(C#N)CCCCC)cc1-c1ccccc1. The van der Waals surface area contributed by atoms with Gasteiger partial charge in [-0.15, -0.1) is 0 Å². The van der Waals surface area contributed by atoms with E-state index in [1.165, 1.54) is 0 Å². The van der Waals surface area contributed by atoms with Crippen molar-refractivity contribution in [2.45, 2.75) is 45.6 Å². The minimum absolute atomic E-state index is 0.329. The fourth-order valence-electron chi connectivity index (χ4n) is 2.60. The Labute approximate surface area is 161 Å². The first-order chi connectivity index (χ1) is 13.0. The van der Waals surface area contributed by atoms with Crippen molar-refractivity contribution in [3.05, 3.63) is 60.7 Å². The van der Waals surface area contributed by atoms with Gasteiger partial charge in [-0.2, -0.15) is 5.26 Å². The highest BCUT2D eigenvalue weighted by Crippen LogP contribution is 2.34. The standard InChI is InChI=1S/C23H25NO3/c1-4-5-7-12-20(16-24)26-19-13-14-22(27-23(25)17(2)3)21(15-19)18-10-8-6-9-11-18/h6,8-11,13-15,20H,2,4-5,7,12H2,1,3H3. The normalized spacial score (nSPS) is 11.3. The Bertz CT molecular complexity index is 821. The van der Waals surface area contributed by atoms with Gasteiger partial charge in [0.1, 0.15) is 17.6 Å². The van der Waals surface area contributed by atoms with Crippen LogP contribution in [0.4, 0.5) is 0 Å². The molecule has 0 fully saturated rings. The predicted octanol–water partition coefficient (Wildman–Crippen LogP) is 5.69. The number of nitriles is 1. The van der Waals surface area contributed by atoms with Crippen LogP contribution in [0.5, 0.6) is 11.5 Å². The maximum absolute atomic E-state index is 12.0. The van der Waals surface area contributed by atoms with Gasteiger partial charge >= 0.3 is 5.97 Å². The van der Waals surface area contributed by atoms with E-state index in [-0.39, 0.29) is 0 Å². The highest BCUT2D eigenvalue weighted by Gasteiger charge is 2.15. The van der Waals surface area contributed by atoms with E-state index in [0.29, 0.717) is 23.5 Å². The molecule has 0 aliphatic rings. The summed E-state index contributed by atoms with van der Waals surface area (Å²) < 4.78 is 11.3. The molecule has 0 N–H and O–H groups in total. The summed E-state index contributed by atoms with van der Waals surface area (Å²) in [4.78, 5) is 12.0. The average Bonchev–Trinajstić information content (AvgIpc) is 2.68. The lowest BCUT2D eigenvalue weighted by Gasteiger charge is -2.16. The second-order valence-corrected chi connectivity index (χ2v) is 6.43. The Hall–Kier alpha value is -3.06. The van der Waals surface area contributed by atoms with Crippen molar-refractivity contribution in [3.63, 3.8) is 0 Å². The lowest BCUT2D eigenvalue weighted by molar-refractivity contribution is -0.130. The number of rotatable bonds is 9. The Morgan fingerprint density at radius 2 is 1.93 bits per heavy atom. The van der Waals surface area contributed by atoms with Gasteiger partial charge < -0.3 is 9.47 Å². The summed E-state index contributed by atoms with van der Waals surface area (Å²) in [6.07, 6.45) is 3.32. The summed E-state index contributed by atoms with van der Waals surface area (Å²) in [6.45, 7) is 7.35. The largest absolute Gasteiger partial charge is 0.476 e. The van der Waals surface area contributed by atoms with Gasteiger partial charge in [-0.3, -0.25) is 0 Å². The van der Waals surface area contributed by atoms with E-state index in [2.05, 4.69) is 19.6 Å². The van der Waals surface area contributed by atoms with Gasteiger partial charge in [-0.25, -0.2) is 4.79 Å². The van der Waals surface area contributed by atoms with E-state index in [1.54, 1.807) is 25.1 Å². The zero-order valence-corrected chi connectivity index (χ0v) is 15.9. The van der Waals surface area contributed by atoms with Crippen LogP contribution in [0.1, 0.15) is 39.5 Å². The molecule has 140 valence electrons. The molecule has 4 nitrogen and oxygen atoms in total. The van der Waals surface area contributed by atoms with Crippen LogP contribution in [-0.2, 0) is 4.79 Å². The second kappa shape index (κ2) is 10.2. The maximum atomic E-state index is 12.0. The van der Waals surface area contributed by atoms with Crippen LogP contribution in [0, 0.1) is 11.3 Å². The van der Waals surface area contributed by atoms with Crippen LogP contribution in [-0.4, -0.2) is 12.1 Å². The van der Waals surface area contributed by atoms with Gasteiger partial charge in [-0.1, -0.05) is 56.7 Å². The van der Waals surface area contributed by atoms with Crippen LogP contribution in [0.25, 0.3) is 11.1 Å². The van der Waals surface area contributed by atoms with Crippen molar-refractivity contribution in [3.8, 4) is 28.7 Å². The number of hydrogen-bond acceptors (Lipinski definition) is 4. The van der Waals surface area contributed by atoms with E-state index in [9.17, 15) is 10.1 Å². The van der Waals surface area contributed by atoms with Gasteiger partial charge in [0, 0.05) is 11.1 Å². The molecule has 0 spiro atoms. The third-order valence-corrected chi connectivity index (χ3v) is 4.08. The molecular formula is C23H25NO3. The monoisotopic (exact) mass is 363 g/mol. The van der Waals surface area contributed by atoms with Crippen molar-refractivity contribution in [1.82, 2.24) is 0 Å². The van der Waals surface area contributed by atoms with Crippen molar-refractivity contribution < 1.29 is 14.3 Å². The number of carbonyl (C=O) groups excluding carboxylic acids is 1. The molecule has 0 aliphatic carbocycles. The molecule has 4 heteroatoms. The Morgan fingerprint density at radius 1 is 1.19 bits per heavy atom. The Balaban J connectivity index is 2.29. The molecular weight excluding hydrogens is 338 g/mol. The third-order valence-electron chi connectivity index (χ3n) is 4.08. The van der Waals surface area contributed by atoms with Crippen molar-refractivity contribution >= 4 is 5.97 Å². The first-order valence-electron chi connectivity index (χ1n) is 9.18. The van der Waals surface area contributed by atoms with Crippen LogP contribution in [0.2, 0.25) is 0 Å². The number of carbonyl (C=O) groups is 1. The number of hydrogen-bond donors (Lipinski definition) is 0. The van der Waals surface area contributed by atoms with E-state index in [0.717, 1.165) is 30.4 Å². The lowest BCUT2D eigenvalue weighted by Crippen LogP contribution is -2.14. The summed E-state index contributed by atoms with van der Waals surface area (Å²) in [6, 6.07) is 17.0. The molecule has 0 bridgehead atoms. The Kier molecular flexibility index (Phi) is 7.63. The third kappa shape index (κ3) is 6.00. The molecule has 1 unspecified atom stereocenters. The Morgan fingerprint density at radius 3 is 2.56 bits per heavy atom. The molecule has 0 radical (unpaired) electrons. The molecule has 27 heavy (non-hydrogen) atoms. The molecule has 0 saturated carbocycles. The first kappa shape index (κ1) is 20.3. The molecule has 2 rings (SSSR count). The van der Waals surface area contributed by atoms with Crippen molar-refractivity contribution in [1.29, 1.82) is 5.26 Å². The first-order valence-corrected chi connectivity index (χ1v) is 9.18. The minimum atomic E-state index is -0.496. The maximum Gasteiger partial charge on any atom is 0.338 e. The molecule has 0 amide bonds. The molecule has 2 aromatic rings. The van der Waals surface area contributed by atoms with Crippen LogP contribution < -0.4 is 9.47 Å². The zero-order chi connectivity index (χ0) is 19.6. The summed E-state index contributed by atoms with van der Waals surface area (Å²) in [5.41, 5.74) is 1.95. The van der Waals surface area contributed by atoms with Gasteiger partial charge in [-0.05, 0) is 43.5 Å². The van der Waals surface area contributed by atoms with E-state index < -0.39 is 12.1 Å². The molecule has 0 aliphatic heterocycles. The predicted molar refractivity (Wildman–Crippen MR) is 106 cm³/mol. The summed E-state index contributed by atoms with van der Waals surface area (Å²) >= 11 is 0. The fraction of sp³-hybridized carbons (Fsp3) is 0.304. The highest BCUT2D eigenvalue weighted by molar-refractivity contribution is 5.90. The molecule has 0 saturated heterocycles. The number of esters is 1. The van der Waals surface area contributed by atoms with Crippen LogP contribution in [0.15, 0.2) is 60.7 Å². The topological polar surface area (TPSA) is 59.3 Å². The number of nitrogens with zero attached hydrogens (tertiary/aromatic N) is 1. The minimum Gasteiger partial charge on any atom is -0.476 e. The quantitative estimate of drug-likeness (QED) is 0.249. The molecule has 1 atom stereocenters. The van der Waals surface area contributed by atoms with Gasteiger partial charge in [0.15, 0.2) is 6.10 Å². The average molecular weight is 363 g/mol. The van der Waals surface area contributed by atoms with E-state index in [1.807, 2.05) is 30.3 Å². The summed E-state index contributed by atoms with van der Waals surface area (Å²) in [5, 5.41) is 9.35. The zero-order valence-electron chi connectivity index (χ0n) is 15.9. The lowest BCUT2D eigenvalue weighted by atomic mass is 10.0. The van der Waals surface area contributed by atoms with Gasteiger partial charge in [0.25, 0.3) is 0 Å². The van der Waals surface area contributed by atoms with E-state index in [4.69, 9.17) is 9.47 Å². The molecule has 0 aromatic heterocycles. The van der Waals surface area contributed by atoms with E-state index >= 15 is 0 Å². The van der Waals surface area contributed by atoms with Crippen LogP contribution in [0.3, 0.4) is 0 Å². The summed E-state index contributed by atoms with van der Waals surface area (Å²) in [5.74, 6) is 0.531. The van der Waals surface area contributed by atoms with Gasteiger partial charge in [0.05, 0.1) is 0 Å². The smallest absolute Gasteiger partial charge is 0.338 e. The fourth-order valence-corrected chi connectivity index (χ4v) is 2.60. The van der Waals surface area contributed by atoms with Crippen molar-refractivity contribution in [2.75, 3.05) is 0 Å². The molecule has 2 aromatic carbocycles. The van der Waals surface area contributed by atoms with Gasteiger partial charge in [0.2, 0.25) is 0 Å². The number of benzene rings is 2. The summed E-state index contributed by atoms with van der Waals surface area (Å²) in [7, 11) is 0. The van der Waals surface area contributed by atoms with Crippen LogP contribution >= 0.6 is 0 Å². The molecule has 0 heterocycles. The number of ether oxygens (including phenoxy) is 2. The highest BCUT2D eigenvalue weighted by atomic mass is 16.5. The number of unbranched alkanes of at least 4 members (excludes halogenated alkanes) is 2.